The first-order valence-corrected chi connectivity index (χ1v) is 37.4. The number of aliphatic hydroxyl groups excluding tert-OH is 27. The minimum atomic E-state index is -2.58. The summed E-state index contributed by atoms with van der Waals surface area (Å²) in [6.07, 6.45) is -97.2. The Morgan fingerprint density at radius 3 is 1.05 bits per heavy atom. The molecular weight excluding hydrogens is 1610 g/mol. The lowest BCUT2D eigenvalue weighted by molar-refractivity contribution is -0.407. The molecule has 10 saturated heterocycles. The predicted octanol–water partition coefficient (Wildman–Crippen LogP) is -20.7. The van der Waals surface area contributed by atoms with Gasteiger partial charge in [-0.1, -0.05) is 0 Å². The number of hydrogen-bond donors (Lipinski definition) is 30. The lowest BCUT2D eigenvalue weighted by atomic mass is 9.93. The van der Waals surface area contributed by atoms with Gasteiger partial charge in [0.2, 0.25) is 17.7 Å². The van der Waals surface area contributed by atoms with E-state index in [1.165, 1.54) is 6.92 Å². The van der Waals surface area contributed by atoms with Gasteiger partial charge in [-0.05, 0) is 6.92 Å². The fourth-order valence-electron chi connectivity index (χ4n) is 15.1. The zero-order valence-corrected chi connectivity index (χ0v) is 62.7. The van der Waals surface area contributed by atoms with Crippen LogP contribution in [0.3, 0.4) is 0 Å². The van der Waals surface area contributed by atoms with E-state index in [0.717, 1.165) is 20.8 Å². The summed E-state index contributed by atoms with van der Waals surface area (Å²) >= 11 is 0. The van der Waals surface area contributed by atoms with E-state index in [0.29, 0.717) is 0 Å². The molecule has 678 valence electrons. The van der Waals surface area contributed by atoms with Gasteiger partial charge in [-0.3, -0.25) is 14.4 Å². The van der Waals surface area contributed by atoms with Crippen molar-refractivity contribution in [1.82, 2.24) is 16.0 Å². The van der Waals surface area contributed by atoms with Crippen LogP contribution in [-0.4, -0.2) is 516 Å². The second-order valence-corrected chi connectivity index (χ2v) is 29.8. The topological polar surface area (TPSA) is 809 Å². The third kappa shape index (κ3) is 20.9. The molecule has 0 unspecified atom stereocenters. The zero-order chi connectivity index (χ0) is 85.9. The average Bonchev–Trinajstić information content (AvgIpc) is 1.35. The van der Waals surface area contributed by atoms with Gasteiger partial charge in [0.15, 0.2) is 62.9 Å². The van der Waals surface area contributed by atoms with E-state index in [2.05, 4.69) is 16.0 Å². The molecule has 0 aromatic heterocycles. The Morgan fingerprint density at radius 2 is 0.547 bits per heavy atom. The van der Waals surface area contributed by atoms with Crippen LogP contribution in [0.5, 0.6) is 0 Å². The van der Waals surface area contributed by atoms with Gasteiger partial charge in [-0.15, -0.1) is 0 Å². The van der Waals surface area contributed by atoms with Crippen LogP contribution >= 0.6 is 0 Å². The quantitative estimate of drug-likeness (QED) is 0.0318. The maximum atomic E-state index is 13.4. The van der Waals surface area contributed by atoms with E-state index in [1.807, 2.05) is 0 Å². The zero-order valence-electron chi connectivity index (χ0n) is 62.7. The molecule has 30 N–H and O–H groups in total. The van der Waals surface area contributed by atoms with E-state index < -0.39 is 378 Å². The van der Waals surface area contributed by atoms with E-state index in [1.54, 1.807) is 0 Å². The molecule has 0 bridgehead atoms. The Morgan fingerprint density at radius 1 is 0.239 bits per heavy atom. The third-order valence-electron chi connectivity index (χ3n) is 21.7. The SMILES string of the molecule is CC(=O)N[C@@H]1[C@@H](O[C@@H]2O[C@@H](C)[C@@H](O)[C@@H](O)[C@@H]2O)[C@H](O[C@@H]2O[C@H](CO)[C@@H](O[C@@H]3O[C@H](CO[C@H]4O[C@H](CO[C@H]5O[C@H](CO)[C@@H](O)[C@H](O)[C@@H]5O)[C@@H](O)[C@H](O[C@H]5O[C@H](CO)[C@@H](O)[C@H](O)[C@@H]5O)[C@@H]4O)[C@@H](O)[C@H](O[C@H]4O[C@H](CO)[C@@H](O)[C@H](O)[C@@H]4O[C@@H]4O[C@H](CO)[C@@H](O)[C@H](O)[C@H]4NC(C)=O)[C@@H]3O[C@@H]3O[C@H](CO)[C@H](O)[C@H]3O)[C@H](O)[C@H]2NC(C)=O)[C@@H](CO)O[C@H]1O. The summed E-state index contributed by atoms with van der Waals surface area (Å²) in [6, 6.07) is -5.74. The second-order valence-electron chi connectivity index (χ2n) is 29.8. The highest BCUT2D eigenvalue weighted by atomic mass is 16.8. The van der Waals surface area contributed by atoms with Crippen molar-refractivity contribution < 1.29 is 242 Å². The van der Waals surface area contributed by atoms with Crippen LogP contribution in [0.25, 0.3) is 0 Å². The number of ether oxygens (including phenoxy) is 19. The first-order chi connectivity index (χ1) is 55.4. The Balaban J connectivity index is 1.06. The molecule has 0 aromatic carbocycles. The molecule has 10 fully saturated rings. The number of hydrogen-bond acceptors (Lipinski definition) is 49. The molecule has 10 heterocycles. The number of carbonyl (C=O) groups excluding carboxylic acids is 3. The Kier molecular flexibility index (Phi) is 34.0. The minimum absolute atomic E-state index is 0.873. The predicted molar refractivity (Wildman–Crippen MR) is 357 cm³/mol. The number of aliphatic hydroxyl groups is 27. The molecular formula is C65H109N3O49. The van der Waals surface area contributed by atoms with Crippen molar-refractivity contribution in [3.05, 3.63) is 0 Å². The molecule has 117 heavy (non-hydrogen) atoms. The molecule has 49 atom stereocenters. The van der Waals surface area contributed by atoms with Gasteiger partial charge in [0, 0.05) is 20.8 Å². The summed E-state index contributed by atoms with van der Waals surface area (Å²) in [5.74, 6) is -2.81. The first kappa shape index (κ1) is 95.8. The number of nitrogens with one attached hydrogen (secondary N) is 3. The van der Waals surface area contributed by atoms with Crippen molar-refractivity contribution in [2.45, 2.75) is 328 Å². The van der Waals surface area contributed by atoms with Crippen molar-refractivity contribution in [3.63, 3.8) is 0 Å². The molecule has 3 amide bonds. The fraction of sp³-hybridized carbons (Fsp3) is 0.954. The van der Waals surface area contributed by atoms with Crippen LogP contribution in [-0.2, 0) is 104 Å². The maximum absolute atomic E-state index is 13.4. The minimum Gasteiger partial charge on any atom is -0.394 e. The Hall–Kier alpha value is -3.43. The highest BCUT2D eigenvalue weighted by molar-refractivity contribution is 5.74. The second kappa shape index (κ2) is 41.6. The molecule has 0 saturated carbocycles. The van der Waals surface area contributed by atoms with Gasteiger partial charge in [0.25, 0.3) is 0 Å². The van der Waals surface area contributed by atoms with Crippen molar-refractivity contribution in [2.75, 3.05) is 59.5 Å². The molecule has 10 rings (SSSR count). The van der Waals surface area contributed by atoms with Gasteiger partial charge in [-0.2, -0.15) is 0 Å². The van der Waals surface area contributed by atoms with Gasteiger partial charge in [0.1, 0.15) is 232 Å². The average molecular weight is 1720 g/mol. The van der Waals surface area contributed by atoms with Gasteiger partial charge in [0.05, 0.1) is 65.6 Å². The number of amides is 3. The van der Waals surface area contributed by atoms with Crippen LogP contribution in [0, 0.1) is 0 Å². The fourth-order valence-corrected chi connectivity index (χ4v) is 15.1. The largest absolute Gasteiger partial charge is 0.394 e. The lowest BCUT2D eigenvalue weighted by Crippen LogP contribution is -2.71. The van der Waals surface area contributed by atoms with E-state index in [-0.39, 0.29) is 0 Å². The number of rotatable bonds is 30. The molecule has 0 radical (unpaired) electrons. The standard InChI is InChI=1S/C65H109N3O49/c1-14-30(79)40(89)46(95)61(101-14)113-51-29(68-17(4)78)56(98)102-24(11-75)50(51)112-58-28(67-16(3)77)39(88)49(23(10-74)108-58)111-65-55(117-62-44(93)35(84)22(9-73)106-62)53(115-64-54(43(92)34(83)21(8-72)107-64)116-57-27(66-15(2)76)38(87)31(80)18(5-69)103-57)37(86)26(110-65)13-100-60-48(97)52(114-63-47(96)42(91)33(82)20(7-71)105-63)36(85)25(109-60)12-99-59-45(94)41(90)32(81)19(6-70)104-59/h14,18-65,69-75,79-98H,5-13H2,1-4H3,(H,66,76)(H,67,77)(H,68,78)/t14-,18+,19+,20+,21+,22+,23+,24+,25+,26+,27+,28+,29+,30+,31+,32+,33+,34+,35-,36+,37+,38+,39+,40+,41-,42-,43-,44+,45-,46-,47-,48-,49+,50+,51+,52-,53-,54-,55-,56+,57-,58-,59-,60-,61-,62-,63+,64+,65-/m0/s1. The van der Waals surface area contributed by atoms with Gasteiger partial charge >= 0.3 is 0 Å². The summed E-state index contributed by atoms with van der Waals surface area (Å²) < 4.78 is 114. The molecule has 0 spiro atoms. The van der Waals surface area contributed by atoms with Gasteiger partial charge < -0.3 is 244 Å². The van der Waals surface area contributed by atoms with E-state index in [4.69, 9.17) is 90.0 Å². The van der Waals surface area contributed by atoms with Crippen LogP contribution in [0.15, 0.2) is 0 Å². The maximum Gasteiger partial charge on any atom is 0.217 e. The van der Waals surface area contributed by atoms with Crippen LogP contribution < -0.4 is 16.0 Å². The summed E-state index contributed by atoms with van der Waals surface area (Å²) in [4.78, 5) is 38.9. The highest BCUT2D eigenvalue weighted by Crippen LogP contribution is 2.41. The monoisotopic (exact) mass is 1720 g/mol. The summed E-state index contributed by atoms with van der Waals surface area (Å²) in [5.41, 5.74) is 0. The van der Waals surface area contributed by atoms with E-state index >= 15 is 0 Å². The third-order valence-corrected chi connectivity index (χ3v) is 21.7. The van der Waals surface area contributed by atoms with Gasteiger partial charge in [-0.25, -0.2) is 0 Å². The Labute approximate surface area is 662 Å². The normalized spacial score (nSPS) is 50.6. The highest BCUT2D eigenvalue weighted by Gasteiger charge is 2.62. The van der Waals surface area contributed by atoms with E-state index in [9.17, 15) is 152 Å². The smallest absolute Gasteiger partial charge is 0.217 e. The molecule has 0 aromatic rings. The molecule has 0 aliphatic carbocycles. The molecule has 52 nitrogen and oxygen atoms in total. The van der Waals surface area contributed by atoms with Crippen LogP contribution in [0.2, 0.25) is 0 Å². The number of carbonyl (C=O) groups is 3. The van der Waals surface area contributed by atoms with Crippen molar-refractivity contribution in [1.29, 1.82) is 0 Å². The molecule has 10 aliphatic heterocycles. The van der Waals surface area contributed by atoms with Crippen molar-refractivity contribution in [2.24, 2.45) is 0 Å². The van der Waals surface area contributed by atoms with Crippen LogP contribution in [0.4, 0.5) is 0 Å². The van der Waals surface area contributed by atoms with Crippen LogP contribution in [0.1, 0.15) is 27.7 Å². The Bertz CT molecular complexity index is 3100. The van der Waals surface area contributed by atoms with Crippen molar-refractivity contribution in [3.8, 4) is 0 Å². The summed E-state index contributed by atoms with van der Waals surface area (Å²) in [6.45, 7) is -5.99. The van der Waals surface area contributed by atoms with Crippen molar-refractivity contribution >= 4 is 17.7 Å². The molecule has 52 heteroatoms. The summed E-state index contributed by atoms with van der Waals surface area (Å²) in [7, 11) is 0. The first-order valence-electron chi connectivity index (χ1n) is 37.4. The molecule has 10 aliphatic rings. The summed E-state index contributed by atoms with van der Waals surface area (Å²) in [5, 5.41) is 308. The lowest BCUT2D eigenvalue weighted by Gasteiger charge is -2.52.